The minimum Gasteiger partial charge on any atom is -0.392 e. The van der Waals surface area contributed by atoms with Crippen molar-refractivity contribution < 1.29 is 10.0 Å². The van der Waals surface area contributed by atoms with Gasteiger partial charge in [0.15, 0.2) is 0 Å². The van der Waals surface area contributed by atoms with Crippen molar-refractivity contribution in [2.75, 3.05) is 13.1 Å². The smallest absolute Gasteiger partial charge is 0.283 e. The highest BCUT2D eigenvalue weighted by Crippen LogP contribution is 2.29. The number of aliphatic hydroxyl groups excluding tert-OH is 1. The van der Waals surface area contributed by atoms with Gasteiger partial charge in [-0.1, -0.05) is 12.1 Å². The molecule has 0 aliphatic carbocycles. The van der Waals surface area contributed by atoms with Gasteiger partial charge in [-0.2, -0.15) is 0 Å². The van der Waals surface area contributed by atoms with Crippen molar-refractivity contribution in [3.8, 4) is 0 Å². The summed E-state index contributed by atoms with van der Waals surface area (Å²) in [5.41, 5.74) is 0.968. The van der Waals surface area contributed by atoms with E-state index in [1.165, 1.54) is 6.07 Å². The van der Waals surface area contributed by atoms with Crippen molar-refractivity contribution in [3.63, 3.8) is 0 Å². The number of nitrogens with zero attached hydrogens (tertiary/aromatic N) is 2. The van der Waals surface area contributed by atoms with Gasteiger partial charge in [0.1, 0.15) is 0 Å². The van der Waals surface area contributed by atoms with Gasteiger partial charge in [0.05, 0.1) is 15.5 Å². The number of β-amino-alcohol motifs (C(OH)–C–C–N with tert-alkyl or cyclic N) is 1. The molecule has 0 bridgehead atoms. The molecule has 1 aromatic rings. The van der Waals surface area contributed by atoms with E-state index in [2.05, 4.69) is 20.8 Å². The number of rotatable bonds is 3. The fourth-order valence-corrected chi connectivity index (χ4v) is 2.56. The van der Waals surface area contributed by atoms with Crippen LogP contribution in [0, 0.1) is 10.1 Å². The zero-order chi connectivity index (χ0) is 12.4. The minimum atomic E-state index is -0.396. The molecule has 6 heteroatoms. The normalized spacial score (nSPS) is 20.7. The van der Waals surface area contributed by atoms with Crippen LogP contribution >= 0.6 is 15.9 Å². The molecule has 1 N–H and O–H groups in total. The average Bonchev–Trinajstić information content (AvgIpc) is 2.67. The molecule has 1 fully saturated rings. The van der Waals surface area contributed by atoms with Gasteiger partial charge in [0.2, 0.25) is 0 Å². The van der Waals surface area contributed by atoms with Crippen molar-refractivity contribution in [3.05, 3.63) is 38.3 Å². The van der Waals surface area contributed by atoms with Gasteiger partial charge in [-0.3, -0.25) is 15.0 Å². The first-order valence-corrected chi connectivity index (χ1v) is 6.19. The first kappa shape index (κ1) is 12.5. The van der Waals surface area contributed by atoms with E-state index < -0.39 is 4.92 Å². The van der Waals surface area contributed by atoms with Crippen LogP contribution in [-0.2, 0) is 6.54 Å². The average molecular weight is 301 g/mol. The Labute approximate surface area is 107 Å². The number of likely N-dealkylation sites (tertiary alicyclic amines) is 1. The Kier molecular flexibility index (Phi) is 3.76. The lowest BCUT2D eigenvalue weighted by Gasteiger charge is -2.15. The molecule has 2 rings (SSSR count). The van der Waals surface area contributed by atoms with E-state index >= 15 is 0 Å². The second-order valence-corrected chi connectivity index (χ2v) is 4.98. The van der Waals surface area contributed by atoms with E-state index in [9.17, 15) is 15.2 Å². The molecule has 1 atom stereocenters. The monoisotopic (exact) mass is 300 g/mol. The van der Waals surface area contributed by atoms with E-state index in [4.69, 9.17) is 0 Å². The van der Waals surface area contributed by atoms with Crippen molar-refractivity contribution >= 4 is 21.6 Å². The first-order valence-electron chi connectivity index (χ1n) is 5.40. The second-order valence-electron chi connectivity index (χ2n) is 4.18. The zero-order valence-electron chi connectivity index (χ0n) is 9.17. The molecule has 1 aromatic carbocycles. The Bertz CT molecular complexity index is 439. The standard InChI is InChI=1S/C11H13BrN2O3/c12-11-8(2-1-3-10(11)14(16)17)6-13-5-4-9(15)7-13/h1-3,9,15H,4-7H2/t9-/m0/s1. The Balaban J connectivity index is 2.16. The van der Waals surface area contributed by atoms with Crippen molar-refractivity contribution in [2.24, 2.45) is 0 Å². The summed E-state index contributed by atoms with van der Waals surface area (Å²) < 4.78 is 0.534. The maximum atomic E-state index is 10.8. The fraction of sp³-hybridized carbons (Fsp3) is 0.455. The van der Waals surface area contributed by atoms with Crippen molar-refractivity contribution in [1.82, 2.24) is 4.90 Å². The summed E-state index contributed by atoms with van der Waals surface area (Å²) in [6.45, 7) is 2.09. The van der Waals surface area contributed by atoms with Crippen LogP contribution in [0.5, 0.6) is 0 Å². The minimum absolute atomic E-state index is 0.0854. The topological polar surface area (TPSA) is 66.6 Å². The predicted octanol–water partition coefficient (Wildman–Crippen LogP) is 1.92. The van der Waals surface area contributed by atoms with Crippen molar-refractivity contribution in [1.29, 1.82) is 0 Å². The summed E-state index contributed by atoms with van der Waals surface area (Å²) in [5.74, 6) is 0. The van der Waals surface area contributed by atoms with Gasteiger partial charge in [-0.15, -0.1) is 0 Å². The molecular weight excluding hydrogens is 288 g/mol. The van der Waals surface area contributed by atoms with Crippen LogP contribution in [-0.4, -0.2) is 34.1 Å². The van der Waals surface area contributed by atoms with Gasteiger partial charge >= 0.3 is 0 Å². The lowest BCUT2D eigenvalue weighted by Crippen LogP contribution is -2.21. The van der Waals surface area contributed by atoms with Gasteiger partial charge < -0.3 is 5.11 Å². The molecule has 92 valence electrons. The Morgan fingerprint density at radius 2 is 2.35 bits per heavy atom. The number of nitro benzene ring substituents is 1. The van der Waals surface area contributed by atoms with Gasteiger partial charge in [0, 0.05) is 25.7 Å². The second kappa shape index (κ2) is 5.12. The molecule has 0 saturated carbocycles. The quantitative estimate of drug-likeness (QED) is 0.684. The summed E-state index contributed by atoms with van der Waals surface area (Å²) in [6.07, 6.45) is 0.500. The number of nitro groups is 1. The van der Waals surface area contributed by atoms with E-state index in [0.717, 1.165) is 18.5 Å². The molecule has 1 heterocycles. The molecule has 0 unspecified atom stereocenters. The van der Waals surface area contributed by atoms with E-state index in [1.807, 2.05) is 6.07 Å². The van der Waals surface area contributed by atoms with Gasteiger partial charge in [-0.25, -0.2) is 0 Å². The van der Waals surface area contributed by atoms with Crippen LogP contribution in [0.4, 0.5) is 5.69 Å². The SMILES string of the molecule is O=[N+]([O-])c1cccc(CN2CC[C@H](O)C2)c1Br. The van der Waals surface area contributed by atoms with E-state index in [-0.39, 0.29) is 11.8 Å². The van der Waals surface area contributed by atoms with Crippen molar-refractivity contribution in [2.45, 2.75) is 19.1 Å². The van der Waals surface area contributed by atoms with Gasteiger partial charge in [-0.05, 0) is 27.9 Å². The molecular formula is C11H13BrN2O3. The molecule has 1 saturated heterocycles. The predicted molar refractivity (Wildman–Crippen MR) is 66.7 cm³/mol. The number of hydrogen-bond acceptors (Lipinski definition) is 4. The van der Waals surface area contributed by atoms with E-state index in [0.29, 0.717) is 17.6 Å². The van der Waals surface area contributed by atoms with Crippen LogP contribution in [0.3, 0.4) is 0 Å². The first-order chi connectivity index (χ1) is 8.08. The molecule has 0 aromatic heterocycles. The maximum absolute atomic E-state index is 10.8. The molecule has 5 nitrogen and oxygen atoms in total. The Morgan fingerprint density at radius 1 is 1.59 bits per heavy atom. The summed E-state index contributed by atoms with van der Waals surface area (Å²) >= 11 is 3.27. The molecule has 0 amide bonds. The van der Waals surface area contributed by atoms with Crippen LogP contribution < -0.4 is 0 Å². The number of benzene rings is 1. The number of hydrogen-bond donors (Lipinski definition) is 1. The maximum Gasteiger partial charge on any atom is 0.283 e. The third kappa shape index (κ3) is 2.83. The van der Waals surface area contributed by atoms with E-state index in [1.54, 1.807) is 6.07 Å². The van der Waals surface area contributed by atoms with Crippen LogP contribution in [0.1, 0.15) is 12.0 Å². The largest absolute Gasteiger partial charge is 0.392 e. The lowest BCUT2D eigenvalue weighted by atomic mass is 10.2. The molecule has 0 spiro atoms. The fourth-order valence-electron chi connectivity index (χ4n) is 2.03. The summed E-state index contributed by atoms with van der Waals surface area (Å²) in [4.78, 5) is 12.5. The number of halogens is 1. The van der Waals surface area contributed by atoms with Crippen LogP contribution in [0.2, 0.25) is 0 Å². The van der Waals surface area contributed by atoms with Crippen LogP contribution in [0.15, 0.2) is 22.7 Å². The summed E-state index contributed by atoms with van der Waals surface area (Å²) in [7, 11) is 0. The van der Waals surface area contributed by atoms with Gasteiger partial charge in [0.25, 0.3) is 5.69 Å². The Morgan fingerprint density at radius 3 is 2.94 bits per heavy atom. The van der Waals surface area contributed by atoms with Crippen LogP contribution in [0.25, 0.3) is 0 Å². The third-order valence-corrected chi connectivity index (χ3v) is 3.81. The molecule has 0 radical (unpaired) electrons. The highest BCUT2D eigenvalue weighted by Gasteiger charge is 2.22. The summed E-state index contributed by atoms with van der Waals surface area (Å²) in [6, 6.07) is 5.03. The third-order valence-electron chi connectivity index (χ3n) is 2.90. The molecule has 1 aliphatic rings. The number of aliphatic hydroxyl groups is 1. The molecule has 1 aliphatic heterocycles. The molecule has 17 heavy (non-hydrogen) atoms. The summed E-state index contributed by atoms with van der Waals surface area (Å²) in [5, 5.41) is 20.2. The zero-order valence-corrected chi connectivity index (χ0v) is 10.8. The highest BCUT2D eigenvalue weighted by molar-refractivity contribution is 9.10. The Hall–Kier alpha value is -0.980. The lowest BCUT2D eigenvalue weighted by molar-refractivity contribution is -0.385. The highest BCUT2D eigenvalue weighted by atomic mass is 79.9.